The molecule has 2 aliphatic rings. The molecule has 3 rings (SSSR count). The van der Waals surface area contributed by atoms with Gasteiger partial charge in [0.15, 0.2) is 0 Å². The van der Waals surface area contributed by atoms with Gasteiger partial charge in [-0.1, -0.05) is 0 Å². The zero-order chi connectivity index (χ0) is 18.4. The highest BCUT2D eigenvalue weighted by atomic mass is 79.9. The van der Waals surface area contributed by atoms with Crippen LogP contribution in [0.25, 0.3) is 0 Å². The molecule has 0 spiro atoms. The number of hydrogen-bond donors (Lipinski definition) is 0. The molecular weight excluding hydrogens is 388 g/mol. The van der Waals surface area contributed by atoms with Gasteiger partial charge in [-0.25, -0.2) is 4.79 Å². The number of rotatable bonds is 3. The second-order valence-corrected chi connectivity index (χ2v) is 7.99. The second kappa shape index (κ2) is 6.70. The fourth-order valence-electron chi connectivity index (χ4n) is 3.48. The van der Waals surface area contributed by atoms with Gasteiger partial charge in [-0.05, 0) is 54.5 Å². The van der Waals surface area contributed by atoms with E-state index in [1.165, 1.54) is 7.11 Å². The number of anilines is 1. The van der Waals surface area contributed by atoms with Crippen molar-refractivity contribution in [2.24, 2.45) is 0 Å². The lowest BCUT2D eigenvalue weighted by Crippen LogP contribution is -2.48. The van der Waals surface area contributed by atoms with E-state index in [0.29, 0.717) is 23.2 Å². The number of fused-ring (bicyclic) bond motifs is 1. The minimum atomic E-state index is -0.646. The molecule has 0 bridgehead atoms. The van der Waals surface area contributed by atoms with Gasteiger partial charge < -0.3 is 19.3 Å². The maximum absolute atomic E-state index is 13.0. The van der Waals surface area contributed by atoms with Crippen LogP contribution in [0.3, 0.4) is 0 Å². The molecular formula is C18H23BrN2O4. The predicted molar refractivity (Wildman–Crippen MR) is 98.1 cm³/mol. The molecule has 1 fully saturated rings. The van der Waals surface area contributed by atoms with Crippen molar-refractivity contribution >= 4 is 33.5 Å². The van der Waals surface area contributed by atoms with Gasteiger partial charge in [-0.2, -0.15) is 0 Å². The second-order valence-electron chi connectivity index (χ2n) is 7.14. The van der Waals surface area contributed by atoms with Crippen molar-refractivity contribution in [1.82, 2.24) is 4.90 Å². The van der Waals surface area contributed by atoms with Crippen molar-refractivity contribution in [2.75, 3.05) is 45.3 Å². The number of amides is 1. The summed E-state index contributed by atoms with van der Waals surface area (Å²) in [4.78, 5) is 29.0. The van der Waals surface area contributed by atoms with E-state index >= 15 is 0 Å². The summed E-state index contributed by atoms with van der Waals surface area (Å²) in [5.74, 6) is -0.409. The molecule has 1 unspecified atom stereocenters. The number of carbonyl (C=O) groups is 2. The van der Waals surface area contributed by atoms with Gasteiger partial charge in [0.25, 0.3) is 0 Å². The summed E-state index contributed by atoms with van der Waals surface area (Å²) in [7, 11) is 3.40. The van der Waals surface area contributed by atoms with Gasteiger partial charge in [-0.15, -0.1) is 0 Å². The number of carbonyl (C=O) groups excluding carboxylic acids is 2. The van der Waals surface area contributed by atoms with E-state index in [1.807, 2.05) is 27.0 Å². The molecule has 0 aromatic heterocycles. The molecule has 1 amide bonds. The highest BCUT2D eigenvalue weighted by molar-refractivity contribution is 9.10. The minimum Gasteiger partial charge on any atom is -0.465 e. The van der Waals surface area contributed by atoms with Crippen molar-refractivity contribution in [3.8, 4) is 0 Å². The Bertz CT molecular complexity index is 719. The SMILES string of the molecule is COC(=O)c1cc2c(cc1Br)C(C)(C)C(=O)N2CC1CN(C)CCO1. The van der Waals surface area contributed by atoms with Gasteiger partial charge in [0.2, 0.25) is 5.91 Å². The van der Waals surface area contributed by atoms with E-state index in [4.69, 9.17) is 9.47 Å². The fourth-order valence-corrected chi connectivity index (χ4v) is 3.98. The Hall–Kier alpha value is -1.44. The summed E-state index contributed by atoms with van der Waals surface area (Å²) < 4.78 is 11.3. The molecule has 1 aromatic rings. The molecule has 2 heterocycles. The number of benzene rings is 1. The third-order valence-electron chi connectivity index (χ3n) is 4.96. The van der Waals surface area contributed by atoms with E-state index in [2.05, 4.69) is 20.8 Å². The first-order valence-corrected chi connectivity index (χ1v) is 9.09. The summed E-state index contributed by atoms with van der Waals surface area (Å²) in [5, 5.41) is 0. The third kappa shape index (κ3) is 3.20. The Balaban J connectivity index is 1.98. The van der Waals surface area contributed by atoms with Crippen LogP contribution in [0, 0.1) is 0 Å². The quantitative estimate of drug-likeness (QED) is 0.714. The largest absolute Gasteiger partial charge is 0.465 e. The van der Waals surface area contributed by atoms with Crippen LogP contribution in [0.1, 0.15) is 29.8 Å². The van der Waals surface area contributed by atoms with Crippen molar-refractivity contribution in [2.45, 2.75) is 25.4 Å². The molecule has 6 nitrogen and oxygen atoms in total. The van der Waals surface area contributed by atoms with E-state index in [0.717, 1.165) is 24.3 Å². The summed E-state index contributed by atoms with van der Waals surface area (Å²) in [6, 6.07) is 3.60. The molecule has 1 saturated heterocycles. The number of esters is 1. The fraction of sp³-hybridized carbons (Fsp3) is 0.556. The standard InChI is InChI=1S/C18H23BrN2O4/c1-18(2)13-8-14(19)12(16(22)24-4)7-15(13)21(17(18)23)10-11-9-20(3)5-6-25-11/h7-8,11H,5-6,9-10H2,1-4H3. The van der Waals surface area contributed by atoms with E-state index in [-0.39, 0.29) is 12.0 Å². The van der Waals surface area contributed by atoms with Gasteiger partial charge >= 0.3 is 5.97 Å². The number of nitrogens with zero attached hydrogens (tertiary/aromatic N) is 2. The van der Waals surface area contributed by atoms with Crippen LogP contribution in [0.5, 0.6) is 0 Å². The highest BCUT2D eigenvalue weighted by Gasteiger charge is 2.45. The number of hydrogen-bond acceptors (Lipinski definition) is 5. The molecule has 2 aliphatic heterocycles. The lowest BCUT2D eigenvalue weighted by molar-refractivity contribution is -0.122. The third-order valence-corrected chi connectivity index (χ3v) is 5.62. The maximum atomic E-state index is 13.0. The summed E-state index contributed by atoms with van der Waals surface area (Å²) in [5.41, 5.74) is 1.43. The molecule has 136 valence electrons. The van der Waals surface area contributed by atoms with Crippen LogP contribution < -0.4 is 4.90 Å². The lowest BCUT2D eigenvalue weighted by atomic mass is 9.86. The maximum Gasteiger partial charge on any atom is 0.339 e. The molecule has 1 atom stereocenters. The monoisotopic (exact) mass is 410 g/mol. The van der Waals surface area contributed by atoms with Crippen LogP contribution in [-0.4, -0.2) is 63.3 Å². The first kappa shape index (κ1) is 18.4. The van der Waals surface area contributed by atoms with Crippen LogP contribution in [0.4, 0.5) is 5.69 Å². The molecule has 25 heavy (non-hydrogen) atoms. The highest BCUT2D eigenvalue weighted by Crippen LogP contribution is 2.44. The van der Waals surface area contributed by atoms with Crippen LogP contribution in [0.2, 0.25) is 0 Å². The van der Waals surface area contributed by atoms with Crippen molar-refractivity contribution in [3.05, 3.63) is 27.7 Å². The Kier molecular flexibility index (Phi) is 4.92. The molecule has 0 N–H and O–H groups in total. The van der Waals surface area contributed by atoms with Crippen LogP contribution >= 0.6 is 15.9 Å². The van der Waals surface area contributed by atoms with Gasteiger partial charge in [-0.3, -0.25) is 4.79 Å². The summed E-state index contributed by atoms with van der Waals surface area (Å²) >= 11 is 3.43. The Morgan fingerprint density at radius 2 is 2.16 bits per heavy atom. The zero-order valence-electron chi connectivity index (χ0n) is 15.0. The lowest BCUT2D eigenvalue weighted by Gasteiger charge is -2.33. The van der Waals surface area contributed by atoms with Crippen molar-refractivity contribution in [3.63, 3.8) is 0 Å². The first-order valence-electron chi connectivity index (χ1n) is 8.30. The first-order chi connectivity index (χ1) is 11.8. The van der Waals surface area contributed by atoms with Gasteiger partial charge in [0.1, 0.15) is 0 Å². The average Bonchev–Trinajstić information content (AvgIpc) is 2.74. The molecule has 1 aromatic carbocycles. The van der Waals surface area contributed by atoms with Crippen LogP contribution in [-0.2, 0) is 19.7 Å². The molecule has 0 aliphatic carbocycles. The molecule has 7 heteroatoms. The topological polar surface area (TPSA) is 59.1 Å². The normalized spacial score (nSPS) is 22.8. The predicted octanol–water partition coefficient (Wildman–Crippen LogP) is 2.19. The average molecular weight is 411 g/mol. The number of ether oxygens (including phenoxy) is 2. The smallest absolute Gasteiger partial charge is 0.339 e. The van der Waals surface area contributed by atoms with Crippen LogP contribution in [0.15, 0.2) is 16.6 Å². The minimum absolute atomic E-state index is 0.0215. The Labute approximate surface area is 156 Å². The van der Waals surface area contributed by atoms with Gasteiger partial charge in [0.05, 0.1) is 37.3 Å². The molecule has 0 saturated carbocycles. The number of methoxy groups -OCH3 is 1. The van der Waals surface area contributed by atoms with E-state index in [1.54, 1.807) is 11.0 Å². The Morgan fingerprint density at radius 1 is 1.44 bits per heavy atom. The number of morpholine rings is 1. The summed E-state index contributed by atoms with van der Waals surface area (Å²) in [6.45, 7) is 6.62. The van der Waals surface area contributed by atoms with Crippen molar-refractivity contribution in [1.29, 1.82) is 0 Å². The number of likely N-dealkylation sites (N-methyl/N-ethyl adjacent to an activating group) is 1. The molecule has 0 radical (unpaired) electrons. The zero-order valence-corrected chi connectivity index (χ0v) is 16.6. The number of halogens is 1. The summed E-state index contributed by atoms with van der Waals surface area (Å²) in [6.07, 6.45) is -0.0466. The Morgan fingerprint density at radius 3 is 2.80 bits per heavy atom. The van der Waals surface area contributed by atoms with E-state index in [9.17, 15) is 9.59 Å². The van der Waals surface area contributed by atoms with Crippen molar-refractivity contribution < 1.29 is 19.1 Å². The van der Waals surface area contributed by atoms with Gasteiger partial charge in [0, 0.05) is 23.2 Å². The van der Waals surface area contributed by atoms with E-state index < -0.39 is 11.4 Å².